The Balaban J connectivity index is 1.98. The van der Waals surface area contributed by atoms with E-state index in [1.807, 2.05) is 19.1 Å². The number of ether oxygens (including phenoxy) is 4. The molecule has 1 saturated heterocycles. The van der Waals surface area contributed by atoms with Gasteiger partial charge in [0, 0.05) is 6.04 Å². The van der Waals surface area contributed by atoms with Crippen molar-refractivity contribution in [3.8, 4) is 17.2 Å². The molecule has 0 aliphatic carbocycles. The Morgan fingerprint density at radius 1 is 1.14 bits per heavy atom. The molecule has 0 amide bonds. The highest BCUT2D eigenvalue weighted by molar-refractivity contribution is 5.80. The van der Waals surface area contributed by atoms with Crippen LogP contribution in [0, 0.1) is 0 Å². The number of rotatable bonds is 8. The lowest BCUT2D eigenvalue weighted by Crippen LogP contribution is -2.15. The topological polar surface area (TPSA) is 75.9 Å². The van der Waals surface area contributed by atoms with Gasteiger partial charge in [-0.3, -0.25) is 10.1 Å². The first kappa shape index (κ1) is 16.4. The third kappa shape index (κ3) is 3.62. The molecule has 1 heterocycles. The predicted octanol–water partition coefficient (Wildman–Crippen LogP) is 1.55. The highest BCUT2D eigenvalue weighted by atomic mass is 16.5. The minimum Gasteiger partial charge on any atom is -0.493 e. The van der Waals surface area contributed by atoms with E-state index in [9.17, 15) is 4.79 Å². The fourth-order valence-electron chi connectivity index (χ4n) is 2.49. The number of aryl methyl sites for hydroxylation is 1. The maximum absolute atomic E-state index is 11.6. The van der Waals surface area contributed by atoms with Crippen LogP contribution in [0.1, 0.15) is 18.9 Å². The number of nitrogens with one attached hydrogen (secondary N) is 1. The van der Waals surface area contributed by atoms with Gasteiger partial charge in [-0.05, 0) is 37.5 Å². The summed E-state index contributed by atoms with van der Waals surface area (Å²) in [6.07, 6.45) is 1.66. The number of methoxy groups -OCH3 is 3. The Kier molecular flexibility index (Phi) is 5.49. The van der Waals surface area contributed by atoms with Gasteiger partial charge in [-0.1, -0.05) is 0 Å². The Labute approximate surface area is 130 Å². The number of carbonyl (C=O) groups excluding carboxylic acids is 1. The van der Waals surface area contributed by atoms with Crippen LogP contribution in [0.2, 0.25) is 0 Å². The minimum absolute atomic E-state index is 0.165. The smallest absolute Gasteiger partial charge is 0.324 e. The van der Waals surface area contributed by atoms with Crippen molar-refractivity contribution >= 4 is 5.97 Å². The summed E-state index contributed by atoms with van der Waals surface area (Å²) in [5, 5.41) is 3.14. The van der Waals surface area contributed by atoms with Crippen LogP contribution < -0.4 is 19.5 Å². The van der Waals surface area contributed by atoms with E-state index in [0.29, 0.717) is 23.9 Å². The molecule has 22 heavy (non-hydrogen) atoms. The van der Waals surface area contributed by atoms with Gasteiger partial charge in [0.25, 0.3) is 0 Å². The molecule has 6 heteroatoms. The molecule has 1 aliphatic rings. The van der Waals surface area contributed by atoms with Gasteiger partial charge in [-0.2, -0.15) is 0 Å². The monoisotopic (exact) mass is 309 g/mol. The van der Waals surface area contributed by atoms with Crippen molar-refractivity contribution in [3.05, 3.63) is 17.7 Å². The van der Waals surface area contributed by atoms with E-state index >= 15 is 0 Å². The number of carbonyl (C=O) groups is 1. The van der Waals surface area contributed by atoms with E-state index in [4.69, 9.17) is 18.9 Å². The molecule has 1 aromatic rings. The molecule has 1 aliphatic heterocycles. The molecule has 1 fully saturated rings. The Morgan fingerprint density at radius 2 is 1.77 bits per heavy atom. The van der Waals surface area contributed by atoms with E-state index in [2.05, 4.69) is 5.32 Å². The molecular formula is C16H23NO5. The summed E-state index contributed by atoms with van der Waals surface area (Å²) in [6, 6.07) is 3.88. The molecular weight excluding hydrogens is 286 g/mol. The quantitative estimate of drug-likeness (QED) is 0.580. The third-order valence-electron chi connectivity index (χ3n) is 3.70. The van der Waals surface area contributed by atoms with Crippen molar-refractivity contribution < 1.29 is 23.7 Å². The van der Waals surface area contributed by atoms with Crippen LogP contribution in [0.15, 0.2) is 12.1 Å². The van der Waals surface area contributed by atoms with E-state index < -0.39 is 0 Å². The van der Waals surface area contributed by atoms with Gasteiger partial charge < -0.3 is 18.9 Å². The maximum Gasteiger partial charge on any atom is 0.324 e. The normalized spacial score (nSPS) is 19.5. The molecule has 0 aromatic heterocycles. The highest BCUT2D eigenvalue weighted by Gasteiger charge is 2.42. The van der Waals surface area contributed by atoms with Gasteiger partial charge in [0.05, 0.1) is 27.9 Å². The summed E-state index contributed by atoms with van der Waals surface area (Å²) in [4.78, 5) is 11.6. The molecule has 0 bridgehead atoms. The molecule has 2 rings (SSSR count). The van der Waals surface area contributed by atoms with Crippen molar-refractivity contribution in [2.24, 2.45) is 0 Å². The third-order valence-corrected chi connectivity index (χ3v) is 3.70. The second-order valence-electron chi connectivity index (χ2n) is 5.08. The summed E-state index contributed by atoms with van der Waals surface area (Å²) in [7, 11) is 4.78. The minimum atomic E-state index is -0.169. The van der Waals surface area contributed by atoms with Crippen molar-refractivity contribution in [2.45, 2.75) is 31.8 Å². The van der Waals surface area contributed by atoms with Crippen LogP contribution in [-0.2, 0) is 16.0 Å². The standard InChI is InChI=1S/C16H23NO5/c1-5-22-16(18)14-11(17-14)7-6-10-8-12(19-2)15(21-4)13(9-10)20-3/h8-9,11,14,17H,5-7H2,1-4H3. The van der Waals surface area contributed by atoms with Crippen LogP contribution >= 0.6 is 0 Å². The van der Waals surface area contributed by atoms with Crippen molar-refractivity contribution in [1.82, 2.24) is 5.32 Å². The average molecular weight is 309 g/mol. The molecule has 0 spiro atoms. The van der Waals surface area contributed by atoms with Crippen molar-refractivity contribution in [2.75, 3.05) is 27.9 Å². The first-order chi connectivity index (χ1) is 10.6. The lowest BCUT2D eigenvalue weighted by molar-refractivity contribution is -0.142. The van der Waals surface area contributed by atoms with Crippen molar-refractivity contribution in [1.29, 1.82) is 0 Å². The fourth-order valence-corrected chi connectivity index (χ4v) is 2.49. The number of hydrogen-bond donors (Lipinski definition) is 1. The summed E-state index contributed by atoms with van der Waals surface area (Å²) < 4.78 is 21.0. The maximum atomic E-state index is 11.6. The molecule has 0 radical (unpaired) electrons. The Hall–Kier alpha value is -1.95. The van der Waals surface area contributed by atoms with Gasteiger partial charge in [-0.15, -0.1) is 0 Å². The van der Waals surface area contributed by atoms with Gasteiger partial charge in [0.1, 0.15) is 6.04 Å². The van der Waals surface area contributed by atoms with Gasteiger partial charge in [-0.25, -0.2) is 0 Å². The SMILES string of the molecule is CCOC(=O)C1NC1CCc1cc(OC)c(OC)c(OC)c1. The van der Waals surface area contributed by atoms with Crippen LogP contribution in [0.5, 0.6) is 17.2 Å². The summed E-state index contributed by atoms with van der Waals surface area (Å²) in [5.41, 5.74) is 1.07. The molecule has 1 aromatic carbocycles. The van der Waals surface area contributed by atoms with Gasteiger partial charge in [0.2, 0.25) is 5.75 Å². The second-order valence-corrected chi connectivity index (χ2v) is 5.08. The van der Waals surface area contributed by atoms with Crippen LogP contribution in [0.4, 0.5) is 0 Å². The molecule has 6 nitrogen and oxygen atoms in total. The first-order valence-corrected chi connectivity index (χ1v) is 7.36. The Bertz CT molecular complexity index is 506. The van der Waals surface area contributed by atoms with Crippen LogP contribution in [0.3, 0.4) is 0 Å². The fraction of sp³-hybridized carbons (Fsp3) is 0.562. The largest absolute Gasteiger partial charge is 0.493 e. The average Bonchev–Trinajstić information content (AvgIpc) is 3.31. The lowest BCUT2D eigenvalue weighted by atomic mass is 10.1. The zero-order valence-electron chi connectivity index (χ0n) is 13.5. The lowest BCUT2D eigenvalue weighted by Gasteiger charge is -2.14. The summed E-state index contributed by atoms with van der Waals surface area (Å²) >= 11 is 0. The molecule has 2 unspecified atom stereocenters. The second kappa shape index (κ2) is 7.35. The van der Waals surface area contributed by atoms with Crippen LogP contribution in [0.25, 0.3) is 0 Å². The summed E-state index contributed by atoms with van der Waals surface area (Å²) in [5.74, 6) is 1.70. The first-order valence-electron chi connectivity index (χ1n) is 7.36. The highest BCUT2D eigenvalue weighted by Crippen LogP contribution is 2.38. The van der Waals surface area contributed by atoms with Crippen LogP contribution in [-0.4, -0.2) is 46.0 Å². The van der Waals surface area contributed by atoms with E-state index in [-0.39, 0.29) is 18.1 Å². The number of benzene rings is 1. The van der Waals surface area contributed by atoms with E-state index in [0.717, 1.165) is 18.4 Å². The van der Waals surface area contributed by atoms with Gasteiger partial charge in [0.15, 0.2) is 11.5 Å². The summed E-state index contributed by atoms with van der Waals surface area (Å²) in [6.45, 7) is 2.22. The number of esters is 1. The molecule has 122 valence electrons. The van der Waals surface area contributed by atoms with Gasteiger partial charge >= 0.3 is 5.97 Å². The Morgan fingerprint density at radius 3 is 2.27 bits per heavy atom. The predicted molar refractivity (Wildman–Crippen MR) is 81.8 cm³/mol. The molecule has 2 atom stereocenters. The number of hydrogen-bond acceptors (Lipinski definition) is 6. The zero-order valence-corrected chi connectivity index (χ0v) is 13.5. The van der Waals surface area contributed by atoms with E-state index in [1.165, 1.54) is 0 Å². The molecule has 0 saturated carbocycles. The van der Waals surface area contributed by atoms with E-state index in [1.54, 1.807) is 21.3 Å². The zero-order chi connectivity index (χ0) is 16.1. The van der Waals surface area contributed by atoms with Crippen molar-refractivity contribution in [3.63, 3.8) is 0 Å². The molecule has 1 N–H and O–H groups in total.